The number of amides is 2. The van der Waals surface area contributed by atoms with Gasteiger partial charge in [0.15, 0.2) is 0 Å². The monoisotopic (exact) mass is 352 g/mol. The van der Waals surface area contributed by atoms with Gasteiger partial charge in [0.25, 0.3) is 11.8 Å². The van der Waals surface area contributed by atoms with E-state index in [-0.39, 0.29) is 11.8 Å². The molecule has 1 aliphatic heterocycles. The van der Waals surface area contributed by atoms with Gasteiger partial charge in [-0.05, 0) is 24.1 Å². The van der Waals surface area contributed by atoms with Crippen molar-refractivity contribution in [1.82, 2.24) is 9.80 Å². The van der Waals surface area contributed by atoms with Crippen molar-refractivity contribution < 1.29 is 14.3 Å². The normalized spacial score (nSPS) is 13.5. The molecule has 0 aromatic heterocycles. The lowest BCUT2D eigenvalue weighted by Gasteiger charge is -2.23. The maximum Gasteiger partial charge on any atom is 0.261 e. The fourth-order valence-electron chi connectivity index (χ4n) is 3.23. The van der Waals surface area contributed by atoms with Crippen LogP contribution in [0, 0.1) is 0 Å². The second-order valence-electron chi connectivity index (χ2n) is 6.42. The van der Waals surface area contributed by atoms with E-state index in [0.717, 1.165) is 26.1 Å². The minimum absolute atomic E-state index is 0.183. The molecule has 2 aromatic rings. The van der Waals surface area contributed by atoms with Gasteiger partial charge >= 0.3 is 0 Å². The fraction of sp³-hybridized carbons (Fsp3) is 0.333. The number of ether oxygens (including phenoxy) is 1. The quantitative estimate of drug-likeness (QED) is 0.651. The van der Waals surface area contributed by atoms with Crippen LogP contribution in [-0.4, -0.2) is 55.0 Å². The average molecular weight is 352 g/mol. The number of hydrogen-bond donors (Lipinski definition) is 0. The largest absolute Gasteiger partial charge is 0.383 e. The van der Waals surface area contributed by atoms with E-state index < -0.39 is 0 Å². The van der Waals surface area contributed by atoms with Crippen LogP contribution in [-0.2, 0) is 11.3 Å². The lowest BCUT2D eigenvalue weighted by molar-refractivity contribution is 0.0643. The molecule has 5 heteroatoms. The number of carbonyl (C=O) groups excluding carboxylic acids is 2. The van der Waals surface area contributed by atoms with Crippen LogP contribution in [0.25, 0.3) is 0 Å². The maximum absolute atomic E-state index is 12.4. The molecule has 0 bridgehead atoms. The first-order valence-electron chi connectivity index (χ1n) is 8.91. The summed E-state index contributed by atoms with van der Waals surface area (Å²) in [5, 5.41) is 0. The van der Waals surface area contributed by atoms with E-state index in [1.807, 2.05) is 18.2 Å². The molecule has 2 aromatic carbocycles. The summed E-state index contributed by atoms with van der Waals surface area (Å²) in [6, 6.07) is 17.3. The Bertz CT molecular complexity index is 726. The lowest BCUT2D eigenvalue weighted by Crippen LogP contribution is -2.34. The molecule has 5 nitrogen and oxygen atoms in total. The van der Waals surface area contributed by atoms with Gasteiger partial charge in [0.05, 0.1) is 17.7 Å². The van der Waals surface area contributed by atoms with E-state index in [9.17, 15) is 9.59 Å². The molecule has 0 aliphatic carbocycles. The Kier molecular flexibility index (Phi) is 6.15. The van der Waals surface area contributed by atoms with Crippen molar-refractivity contribution in [2.45, 2.75) is 13.0 Å². The molecular formula is C21H24N2O3. The third-order valence-corrected chi connectivity index (χ3v) is 4.59. The Morgan fingerprint density at radius 2 is 1.50 bits per heavy atom. The predicted octanol–water partition coefficient (Wildman–Crippen LogP) is 2.82. The van der Waals surface area contributed by atoms with Crippen molar-refractivity contribution in [3.63, 3.8) is 0 Å². The Morgan fingerprint density at radius 3 is 2.12 bits per heavy atom. The van der Waals surface area contributed by atoms with Gasteiger partial charge in [0.2, 0.25) is 0 Å². The molecule has 0 saturated carbocycles. The summed E-state index contributed by atoms with van der Waals surface area (Å²) >= 11 is 0. The Hall–Kier alpha value is -2.50. The van der Waals surface area contributed by atoms with Crippen molar-refractivity contribution >= 4 is 11.8 Å². The topological polar surface area (TPSA) is 49.9 Å². The highest BCUT2D eigenvalue weighted by molar-refractivity contribution is 6.21. The van der Waals surface area contributed by atoms with Crippen LogP contribution in [0.3, 0.4) is 0 Å². The number of methoxy groups -OCH3 is 1. The van der Waals surface area contributed by atoms with Crippen LogP contribution in [0.2, 0.25) is 0 Å². The Balaban J connectivity index is 1.56. The molecular weight excluding hydrogens is 328 g/mol. The number of benzene rings is 2. The summed E-state index contributed by atoms with van der Waals surface area (Å²) in [4.78, 5) is 28.5. The number of imide groups is 1. The standard InChI is InChI=1S/C21H24N2O3/c1-26-15-14-22(16-17-8-3-2-4-9-17)12-7-13-23-20(24)18-10-5-6-11-19(18)21(23)25/h2-6,8-11H,7,12-16H2,1H3. The number of nitrogens with zero attached hydrogens (tertiary/aromatic N) is 2. The van der Waals surface area contributed by atoms with E-state index in [1.165, 1.54) is 10.5 Å². The van der Waals surface area contributed by atoms with Gasteiger partial charge in [-0.2, -0.15) is 0 Å². The minimum Gasteiger partial charge on any atom is -0.383 e. The zero-order valence-corrected chi connectivity index (χ0v) is 15.1. The average Bonchev–Trinajstić information content (AvgIpc) is 2.92. The van der Waals surface area contributed by atoms with Gasteiger partial charge in [0.1, 0.15) is 0 Å². The molecule has 0 atom stereocenters. The molecule has 136 valence electrons. The van der Waals surface area contributed by atoms with E-state index in [4.69, 9.17) is 4.74 Å². The molecule has 3 rings (SSSR count). The molecule has 1 heterocycles. The van der Waals surface area contributed by atoms with Gasteiger partial charge in [-0.25, -0.2) is 0 Å². The highest BCUT2D eigenvalue weighted by atomic mass is 16.5. The van der Waals surface area contributed by atoms with Crippen LogP contribution in [0.15, 0.2) is 54.6 Å². The van der Waals surface area contributed by atoms with E-state index in [1.54, 1.807) is 31.4 Å². The summed E-state index contributed by atoms with van der Waals surface area (Å²) in [6.07, 6.45) is 0.738. The fourth-order valence-corrected chi connectivity index (χ4v) is 3.23. The molecule has 1 aliphatic rings. The van der Waals surface area contributed by atoms with Crippen molar-refractivity contribution in [2.24, 2.45) is 0 Å². The van der Waals surface area contributed by atoms with Crippen LogP contribution in [0.5, 0.6) is 0 Å². The third kappa shape index (κ3) is 4.18. The van der Waals surface area contributed by atoms with Crippen LogP contribution in [0.4, 0.5) is 0 Å². The summed E-state index contributed by atoms with van der Waals surface area (Å²) < 4.78 is 5.21. The molecule has 0 unspecified atom stereocenters. The molecule has 26 heavy (non-hydrogen) atoms. The number of fused-ring (bicyclic) bond motifs is 1. The Morgan fingerprint density at radius 1 is 0.885 bits per heavy atom. The molecule has 0 saturated heterocycles. The minimum atomic E-state index is -0.183. The van der Waals surface area contributed by atoms with Gasteiger partial charge < -0.3 is 4.74 Å². The van der Waals surface area contributed by atoms with Gasteiger partial charge in [-0.3, -0.25) is 19.4 Å². The second-order valence-corrected chi connectivity index (χ2v) is 6.42. The molecule has 0 radical (unpaired) electrons. The van der Waals surface area contributed by atoms with Gasteiger partial charge in [0, 0.05) is 33.3 Å². The summed E-state index contributed by atoms with van der Waals surface area (Å²) in [5.41, 5.74) is 2.26. The predicted molar refractivity (Wildman–Crippen MR) is 100 cm³/mol. The summed E-state index contributed by atoms with van der Waals surface area (Å²) in [7, 11) is 1.69. The van der Waals surface area contributed by atoms with Gasteiger partial charge in [-0.1, -0.05) is 42.5 Å². The van der Waals surface area contributed by atoms with Crippen molar-refractivity contribution in [2.75, 3.05) is 33.4 Å². The van der Waals surface area contributed by atoms with E-state index in [0.29, 0.717) is 24.3 Å². The van der Waals surface area contributed by atoms with Crippen molar-refractivity contribution in [3.8, 4) is 0 Å². The highest BCUT2D eigenvalue weighted by Crippen LogP contribution is 2.22. The SMILES string of the molecule is COCCN(CCCN1C(=O)c2ccccc2C1=O)Cc1ccccc1. The summed E-state index contributed by atoms with van der Waals surface area (Å²) in [6.45, 7) is 3.52. The van der Waals surface area contributed by atoms with Crippen LogP contribution < -0.4 is 0 Å². The van der Waals surface area contributed by atoms with Crippen molar-refractivity contribution in [1.29, 1.82) is 0 Å². The Labute approximate surface area is 154 Å². The number of rotatable bonds is 9. The molecule has 2 amide bonds. The smallest absolute Gasteiger partial charge is 0.261 e. The second kappa shape index (κ2) is 8.74. The first-order valence-corrected chi connectivity index (χ1v) is 8.91. The van der Waals surface area contributed by atoms with Gasteiger partial charge in [-0.15, -0.1) is 0 Å². The maximum atomic E-state index is 12.4. The lowest BCUT2D eigenvalue weighted by atomic mass is 10.1. The van der Waals surface area contributed by atoms with Crippen LogP contribution >= 0.6 is 0 Å². The zero-order valence-electron chi connectivity index (χ0n) is 15.1. The number of hydrogen-bond acceptors (Lipinski definition) is 4. The van der Waals surface area contributed by atoms with Crippen molar-refractivity contribution in [3.05, 3.63) is 71.3 Å². The third-order valence-electron chi connectivity index (χ3n) is 4.59. The highest BCUT2D eigenvalue weighted by Gasteiger charge is 2.34. The molecule has 0 N–H and O–H groups in total. The molecule has 0 spiro atoms. The molecule has 0 fully saturated rings. The first-order chi connectivity index (χ1) is 12.7. The number of carbonyl (C=O) groups is 2. The van der Waals surface area contributed by atoms with Crippen LogP contribution in [0.1, 0.15) is 32.7 Å². The first kappa shape index (κ1) is 18.3. The summed E-state index contributed by atoms with van der Waals surface area (Å²) in [5.74, 6) is -0.366. The van der Waals surface area contributed by atoms with E-state index in [2.05, 4.69) is 17.0 Å². The van der Waals surface area contributed by atoms with E-state index >= 15 is 0 Å². The zero-order chi connectivity index (χ0) is 18.4.